The highest BCUT2D eigenvalue weighted by molar-refractivity contribution is 7.92. The van der Waals surface area contributed by atoms with Gasteiger partial charge in [-0.05, 0) is 135 Å². The molecular weight excluding hydrogens is 516 g/mol. The second-order valence-electron chi connectivity index (χ2n) is 11.7. The average molecular weight is 549 g/mol. The summed E-state index contributed by atoms with van der Waals surface area (Å²) in [7, 11) is -3.99. The van der Waals surface area contributed by atoms with Crippen molar-refractivity contribution in [2.24, 2.45) is 23.7 Å². The quantitative estimate of drug-likeness (QED) is 0.334. The first-order valence-corrected chi connectivity index (χ1v) is 15.3. The molecule has 4 bridgehead atoms. The molecule has 0 radical (unpaired) electrons. The Balaban J connectivity index is 1.17. The highest BCUT2D eigenvalue weighted by atomic mass is 35.5. The van der Waals surface area contributed by atoms with Crippen LogP contribution in [0.5, 0.6) is 0 Å². The van der Waals surface area contributed by atoms with E-state index in [2.05, 4.69) is 22.2 Å². The van der Waals surface area contributed by atoms with Gasteiger partial charge in [0.25, 0.3) is 15.9 Å². The van der Waals surface area contributed by atoms with Gasteiger partial charge in [0.05, 0.1) is 5.02 Å². The normalized spacial score (nSPS) is 25.8. The highest BCUT2D eigenvalue weighted by Crippen LogP contribution is 2.59. The zero-order valence-electron chi connectivity index (χ0n) is 21.7. The van der Waals surface area contributed by atoms with E-state index < -0.39 is 10.0 Å². The van der Waals surface area contributed by atoms with Gasteiger partial charge in [-0.25, -0.2) is 8.42 Å². The van der Waals surface area contributed by atoms with Crippen molar-refractivity contribution in [1.29, 1.82) is 0 Å². The first-order chi connectivity index (χ1) is 18.1. The minimum Gasteiger partial charge on any atom is -0.322 e. The van der Waals surface area contributed by atoms with Gasteiger partial charge in [-0.2, -0.15) is 0 Å². The fourth-order valence-electron chi connectivity index (χ4n) is 7.56. The number of benzene rings is 3. The highest BCUT2D eigenvalue weighted by Gasteiger charge is 2.48. The maximum atomic E-state index is 13.1. The summed E-state index contributed by atoms with van der Waals surface area (Å²) in [6.45, 7) is 3.80. The second kappa shape index (κ2) is 9.73. The van der Waals surface area contributed by atoms with Gasteiger partial charge in [0.15, 0.2) is 0 Å². The van der Waals surface area contributed by atoms with Crippen LogP contribution in [0.15, 0.2) is 65.6 Å². The molecule has 0 unspecified atom stereocenters. The summed E-state index contributed by atoms with van der Waals surface area (Å²) in [6, 6.07) is 18.0. The van der Waals surface area contributed by atoms with Gasteiger partial charge in [-0.1, -0.05) is 29.8 Å². The van der Waals surface area contributed by atoms with Crippen LogP contribution in [0.2, 0.25) is 5.02 Å². The van der Waals surface area contributed by atoms with E-state index in [0.29, 0.717) is 17.3 Å². The van der Waals surface area contributed by atoms with Gasteiger partial charge < -0.3 is 5.32 Å². The number of sulfonamides is 1. The van der Waals surface area contributed by atoms with Crippen LogP contribution in [0.3, 0.4) is 0 Å². The van der Waals surface area contributed by atoms with Crippen molar-refractivity contribution in [3.63, 3.8) is 0 Å². The predicted molar refractivity (Wildman–Crippen MR) is 152 cm³/mol. The Kier molecular flexibility index (Phi) is 6.51. The molecule has 4 saturated carbocycles. The van der Waals surface area contributed by atoms with E-state index in [1.54, 1.807) is 12.1 Å². The lowest BCUT2D eigenvalue weighted by molar-refractivity contribution is -0.00277. The third-order valence-electron chi connectivity index (χ3n) is 8.74. The Morgan fingerprint density at radius 1 is 0.789 bits per heavy atom. The van der Waals surface area contributed by atoms with E-state index in [-0.39, 0.29) is 21.4 Å². The summed E-state index contributed by atoms with van der Waals surface area (Å²) in [4.78, 5) is 12.9. The second-order valence-corrected chi connectivity index (χ2v) is 13.7. The molecule has 3 aromatic carbocycles. The molecule has 198 valence electrons. The predicted octanol–water partition coefficient (Wildman–Crippen LogP) is 7.55. The molecule has 5 nitrogen and oxygen atoms in total. The fraction of sp³-hybridized carbons (Fsp3) is 0.387. The van der Waals surface area contributed by atoms with E-state index in [1.165, 1.54) is 55.9 Å². The Morgan fingerprint density at radius 3 is 2.00 bits per heavy atom. The molecule has 0 saturated heterocycles. The standard InChI is InChI=1S/C31H33ClN2O3S/c1-18-9-19(2)11-27(10-18)34-38(36,37)29-17-23(5-8-28(29)32)31(35)33-26-6-3-22(4-7-26)30-24-13-20-12-21(15-24)16-25(30)14-20/h3-11,17,20-21,24-25,30,34H,12-16H2,1-2H3,(H,33,35). The van der Waals surface area contributed by atoms with Crippen molar-refractivity contribution in [3.05, 3.63) is 87.9 Å². The van der Waals surface area contributed by atoms with E-state index in [0.717, 1.165) is 34.8 Å². The molecule has 4 aliphatic carbocycles. The van der Waals surface area contributed by atoms with Gasteiger partial charge in [0, 0.05) is 16.9 Å². The third kappa shape index (κ3) is 4.96. The average Bonchev–Trinajstić information content (AvgIpc) is 2.83. The van der Waals surface area contributed by atoms with Crippen molar-refractivity contribution in [2.45, 2.75) is 56.8 Å². The van der Waals surface area contributed by atoms with Crippen molar-refractivity contribution >= 4 is 38.9 Å². The fourth-order valence-corrected chi connectivity index (χ4v) is 9.12. The smallest absolute Gasteiger partial charge is 0.263 e. The molecule has 0 spiro atoms. The molecule has 1 amide bonds. The Morgan fingerprint density at radius 2 is 1.39 bits per heavy atom. The van der Waals surface area contributed by atoms with Crippen LogP contribution in [0.25, 0.3) is 0 Å². The molecule has 2 N–H and O–H groups in total. The molecule has 3 aromatic rings. The van der Waals surface area contributed by atoms with Crippen LogP contribution in [0.4, 0.5) is 11.4 Å². The first kappa shape index (κ1) is 25.4. The Labute approximate surface area is 230 Å². The molecular formula is C31H33ClN2O3S. The number of rotatable bonds is 6. The minimum atomic E-state index is -3.99. The number of hydrogen-bond donors (Lipinski definition) is 2. The summed E-state index contributed by atoms with van der Waals surface area (Å²) < 4.78 is 28.9. The number of aryl methyl sites for hydroxylation is 2. The summed E-state index contributed by atoms with van der Waals surface area (Å²) in [5.41, 5.74) is 4.63. The number of anilines is 2. The molecule has 0 atom stereocenters. The van der Waals surface area contributed by atoms with Crippen molar-refractivity contribution in [3.8, 4) is 0 Å². The van der Waals surface area contributed by atoms with E-state index in [1.807, 2.05) is 32.0 Å². The summed E-state index contributed by atoms with van der Waals surface area (Å²) in [5.74, 6) is 3.75. The largest absolute Gasteiger partial charge is 0.322 e. The molecule has 7 rings (SSSR count). The molecule has 0 aromatic heterocycles. The maximum Gasteiger partial charge on any atom is 0.263 e. The van der Waals surface area contributed by atoms with Gasteiger partial charge in [-0.15, -0.1) is 0 Å². The zero-order valence-corrected chi connectivity index (χ0v) is 23.3. The third-order valence-corrected chi connectivity index (χ3v) is 10.6. The lowest BCUT2D eigenvalue weighted by atomic mass is 9.51. The summed E-state index contributed by atoms with van der Waals surface area (Å²) >= 11 is 6.27. The van der Waals surface area contributed by atoms with Crippen molar-refractivity contribution < 1.29 is 13.2 Å². The topological polar surface area (TPSA) is 75.3 Å². The maximum absolute atomic E-state index is 13.1. The van der Waals surface area contributed by atoms with Crippen LogP contribution in [0, 0.1) is 37.5 Å². The summed E-state index contributed by atoms with van der Waals surface area (Å²) in [6.07, 6.45) is 6.93. The number of carbonyl (C=O) groups excluding carboxylic acids is 1. The number of hydrogen-bond acceptors (Lipinski definition) is 3. The number of amides is 1. The SMILES string of the molecule is Cc1cc(C)cc(NS(=O)(=O)c2cc(C(=O)Nc3ccc(C4C5CC6CC(C5)CC4C6)cc3)ccc2Cl)c1. The molecule has 7 heteroatoms. The molecule has 4 fully saturated rings. The first-order valence-electron chi connectivity index (χ1n) is 13.5. The Hall–Kier alpha value is -2.83. The zero-order chi connectivity index (χ0) is 26.6. The lowest BCUT2D eigenvalue weighted by Crippen LogP contribution is -2.43. The number of carbonyl (C=O) groups is 1. The molecule has 38 heavy (non-hydrogen) atoms. The van der Waals surface area contributed by atoms with Crippen molar-refractivity contribution in [2.75, 3.05) is 10.0 Å². The monoisotopic (exact) mass is 548 g/mol. The number of halogens is 1. The van der Waals surface area contributed by atoms with Crippen LogP contribution < -0.4 is 10.0 Å². The Bertz CT molecular complexity index is 1450. The summed E-state index contributed by atoms with van der Waals surface area (Å²) in [5, 5.41) is 2.97. The van der Waals surface area contributed by atoms with Gasteiger partial charge >= 0.3 is 0 Å². The number of nitrogens with one attached hydrogen (secondary N) is 2. The lowest BCUT2D eigenvalue weighted by Gasteiger charge is -2.54. The molecule has 0 aliphatic heterocycles. The van der Waals surface area contributed by atoms with E-state index in [9.17, 15) is 13.2 Å². The van der Waals surface area contributed by atoms with E-state index in [4.69, 9.17) is 11.6 Å². The van der Waals surface area contributed by atoms with Gasteiger partial charge in [-0.3, -0.25) is 9.52 Å². The minimum absolute atomic E-state index is 0.0541. The van der Waals surface area contributed by atoms with Crippen LogP contribution in [-0.4, -0.2) is 14.3 Å². The molecule has 4 aliphatic rings. The van der Waals surface area contributed by atoms with Gasteiger partial charge in [0.2, 0.25) is 0 Å². The van der Waals surface area contributed by atoms with E-state index >= 15 is 0 Å². The van der Waals surface area contributed by atoms with Crippen molar-refractivity contribution in [1.82, 2.24) is 0 Å². The molecule has 0 heterocycles. The van der Waals surface area contributed by atoms with Crippen LogP contribution in [-0.2, 0) is 10.0 Å². The van der Waals surface area contributed by atoms with Crippen LogP contribution in [0.1, 0.15) is 65.1 Å². The van der Waals surface area contributed by atoms with Gasteiger partial charge in [0.1, 0.15) is 4.90 Å². The van der Waals surface area contributed by atoms with Crippen LogP contribution >= 0.6 is 11.6 Å².